The molecular formula is C16H24FN3. The third-order valence-electron chi connectivity index (χ3n) is 4.68. The Balaban J connectivity index is 1.73. The van der Waals surface area contributed by atoms with Crippen LogP contribution < -0.4 is 10.6 Å². The lowest BCUT2D eigenvalue weighted by Gasteiger charge is -2.32. The Kier molecular flexibility index (Phi) is 4.22. The molecule has 0 aromatic heterocycles. The molecule has 4 heteroatoms. The van der Waals surface area contributed by atoms with Gasteiger partial charge < -0.3 is 10.6 Å². The van der Waals surface area contributed by atoms with Crippen molar-refractivity contribution in [1.29, 1.82) is 0 Å². The van der Waals surface area contributed by atoms with Crippen molar-refractivity contribution in [3.05, 3.63) is 29.6 Å². The first-order valence-electron chi connectivity index (χ1n) is 7.76. The predicted molar refractivity (Wildman–Crippen MR) is 80.3 cm³/mol. The van der Waals surface area contributed by atoms with E-state index in [1.54, 1.807) is 12.1 Å². The van der Waals surface area contributed by atoms with Crippen molar-refractivity contribution in [2.75, 3.05) is 31.1 Å². The van der Waals surface area contributed by atoms with Gasteiger partial charge in [-0.3, -0.25) is 4.90 Å². The summed E-state index contributed by atoms with van der Waals surface area (Å²) in [6.07, 6.45) is 5.12. The molecular weight excluding hydrogens is 253 g/mol. The fourth-order valence-electron chi connectivity index (χ4n) is 3.61. The first kappa shape index (κ1) is 13.8. The molecule has 2 aliphatic heterocycles. The number of hydrogen-bond donors (Lipinski definition) is 1. The van der Waals surface area contributed by atoms with Gasteiger partial charge in [-0.25, -0.2) is 4.39 Å². The highest BCUT2D eigenvalue weighted by atomic mass is 19.1. The van der Waals surface area contributed by atoms with E-state index < -0.39 is 0 Å². The zero-order valence-corrected chi connectivity index (χ0v) is 12.0. The minimum Gasteiger partial charge on any atom is -0.367 e. The number of piperidine rings is 1. The lowest BCUT2D eigenvalue weighted by molar-refractivity contribution is 0.175. The van der Waals surface area contributed by atoms with Crippen molar-refractivity contribution in [2.45, 2.75) is 38.3 Å². The molecule has 2 heterocycles. The second-order valence-electron chi connectivity index (χ2n) is 5.94. The van der Waals surface area contributed by atoms with E-state index in [1.807, 2.05) is 6.07 Å². The first-order valence-corrected chi connectivity index (χ1v) is 7.76. The van der Waals surface area contributed by atoms with Gasteiger partial charge in [0.15, 0.2) is 0 Å². The lowest BCUT2D eigenvalue weighted by atomic mass is 10.1. The van der Waals surface area contributed by atoms with Crippen molar-refractivity contribution in [2.24, 2.45) is 5.73 Å². The summed E-state index contributed by atoms with van der Waals surface area (Å²) < 4.78 is 14.1. The van der Waals surface area contributed by atoms with Gasteiger partial charge in [-0.05, 0) is 44.0 Å². The molecule has 1 unspecified atom stereocenters. The van der Waals surface area contributed by atoms with E-state index in [9.17, 15) is 4.39 Å². The maximum absolute atomic E-state index is 14.1. The van der Waals surface area contributed by atoms with Gasteiger partial charge in [0.1, 0.15) is 5.82 Å². The Hall–Kier alpha value is -1.13. The molecule has 0 bridgehead atoms. The largest absolute Gasteiger partial charge is 0.367 e. The second-order valence-corrected chi connectivity index (χ2v) is 5.94. The van der Waals surface area contributed by atoms with Crippen LogP contribution in [0, 0.1) is 5.82 Å². The fraction of sp³-hybridized carbons (Fsp3) is 0.625. The van der Waals surface area contributed by atoms with Crippen LogP contribution in [0.5, 0.6) is 0 Å². The monoisotopic (exact) mass is 277 g/mol. The molecule has 2 N–H and O–H groups in total. The smallest absolute Gasteiger partial charge is 0.146 e. The van der Waals surface area contributed by atoms with Gasteiger partial charge in [0.2, 0.25) is 0 Å². The molecule has 0 amide bonds. The van der Waals surface area contributed by atoms with E-state index >= 15 is 0 Å². The van der Waals surface area contributed by atoms with Crippen molar-refractivity contribution >= 4 is 5.69 Å². The summed E-state index contributed by atoms with van der Waals surface area (Å²) in [6, 6.07) is 5.81. The topological polar surface area (TPSA) is 32.5 Å². The molecule has 1 atom stereocenters. The van der Waals surface area contributed by atoms with Crippen molar-refractivity contribution in [3.63, 3.8) is 0 Å². The van der Waals surface area contributed by atoms with Gasteiger partial charge >= 0.3 is 0 Å². The fourth-order valence-corrected chi connectivity index (χ4v) is 3.61. The molecule has 110 valence electrons. The molecule has 20 heavy (non-hydrogen) atoms. The molecule has 0 radical (unpaired) electrons. The van der Waals surface area contributed by atoms with E-state index in [1.165, 1.54) is 32.4 Å². The second kappa shape index (κ2) is 6.10. The zero-order valence-electron chi connectivity index (χ0n) is 12.0. The molecule has 2 saturated heterocycles. The predicted octanol–water partition coefficient (Wildman–Crippen LogP) is 2.35. The third kappa shape index (κ3) is 2.67. The van der Waals surface area contributed by atoms with Crippen molar-refractivity contribution in [3.8, 4) is 0 Å². The Morgan fingerprint density at radius 2 is 1.95 bits per heavy atom. The Morgan fingerprint density at radius 3 is 2.70 bits per heavy atom. The van der Waals surface area contributed by atoms with Gasteiger partial charge in [-0.2, -0.15) is 0 Å². The number of benzene rings is 1. The number of likely N-dealkylation sites (tertiary alicyclic amines) is 1. The average molecular weight is 277 g/mol. The zero-order chi connectivity index (χ0) is 13.9. The quantitative estimate of drug-likeness (QED) is 0.920. The molecule has 0 spiro atoms. The number of anilines is 1. The number of nitrogens with two attached hydrogens (primary N) is 1. The van der Waals surface area contributed by atoms with E-state index in [-0.39, 0.29) is 5.82 Å². The van der Waals surface area contributed by atoms with Crippen LogP contribution in [0.25, 0.3) is 0 Å². The molecule has 2 fully saturated rings. The summed E-state index contributed by atoms with van der Waals surface area (Å²) in [5.74, 6) is -0.132. The summed E-state index contributed by atoms with van der Waals surface area (Å²) in [7, 11) is 0. The van der Waals surface area contributed by atoms with Crippen LogP contribution in [0.15, 0.2) is 18.2 Å². The van der Waals surface area contributed by atoms with Crippen molar-refractivity contribution in [1.82, 2.24) is 4.90 Å². The van der Waals surface area contributed by atoms with E-state index in [0.29, 0.717) is 12.6 Å². The number of rotatable bonds is 3. The van der Waals surface area contributed by atoms with E-state index in [2.05, 4.69) is 9.80 Å². The minimum absolute atomic E-state index is 0.132. The van der Waals surface area contributed by atoms with Crippen LogP contribution in [0.2, 0.25) is 0 Å². The number of hydrogen-bond acceptors (Lipinski definition) is 3. The van der Waals surface area contributed by atoms with Crippen LogP contribution in [0.1, 0.15) is 31.2 Å². The summed E-state index contributed by atoms with van der Waals surface area (Å²) in [5.41, 5.74) is 7.41. The normalized spacial score (nSPS) is 24.3. The van der Waals surface area contributed by atoms with Gasteiger partial charge in [-0.1, -0.05) is 18.6 Å². The molecule has 3 nitrogen and oxygen atoms in total. The van der Waals surface area contributed by atoms with Crippen LogP contribution in [-0.2, 0) is 6.54 Å². The number of nitrogens with zero attached hydrogens (tertiary/aromatic N) is 2. The van der Waals surface area contributed by atoms with Gasteiger partial charge in [0.25, 0.3) is 0 Å². The summed E-state index contributed by atoms with van der Waals surface area (Å²) in [5, 5.41) is 0. The number of para-hydroxylation sites is 1. The third-order valence-corrected chi connectivity index (χ3v) is 4.68. The lowest BCUT2D eigenvalue weighted by Crippen LogP contribution is -2.41. The number of halogens is 1. The molecule has 0 aliphatic carbocycles. The molecule has 3 rings (SSSR count). The highest BCUT2D eigenvalue weighted by Crippen LogP contribution is 2.30. The average Bonchev–Trinajstić information content (AvgIpc) is 2.97. The van der Waals surface area contributed by atoms with Crippen molar-refractivity contribution < 1.29 is 4.39 Å². The summed E-state index contributed by atoms with van der Waals surface area (Å²) in [6.45, 7) is 4.69. The van der Waals surface area contributed by atoms with Crippen LogP contribution in [-0.4, -0.2) is 37.1 Å². The van der Waals surface area contributed by atoms with Crippen LogP contribution in [0.3, 0.4) is 0 Å². The van der Waals surface area contributed by atoms with Gasteiger partial charge in [0, 0.05) is 25.7 Å². The molecule has 1 aromatic rings. The molecule has 2 aliphatic rings. The highest BCUT2D eigenvalue weighted by Gasteiger charge is 2.30. The summed E-state index contributed by atoms with van der Waals surface area (Å²) >= 11 is 0. The minimum atomic E-state index is -0.132. The standard InChI is InChI=1S/C16H24FN3/c17-15-6-4-5-13(11-18)16(15)20-10-7-14(12-20)19-8-2-1-3-9-19/h4-6,14H,1-3,7-12,18H2. The molecule has 1 aromatic carbocycles. The Morgan fingerprint density at radius 1 is 1.15 bits per heavy atom. The Bertz CT molecular complexity index is 457. The maximum Gasteiger partial charge on any atom is 0.146 e. The SMILES string of the molecule is NCc1cccc(F)c1N1CCC(N2CCCCC2)C1. The summed E-state index contributed by atoms with van der Waals surface area (Å²) in [4.78, 5) is 4.78. The highest BCUT2D eigenvalue weighted by molar-refractivity contribution is 5.55. The first-order chi connectivity index (χ1) is 9.79. The van der Waals surface area contributed by atoms with Gasteiger partial charge in [-0.15, -0.1) is 0 Å². The Labute approximate surface area is 120 Å². The van der Waals surface area contributed by atoms with Crippen LogP contribution in [0.4, 0.5) is 10.1 Å². The van der Waals surface area contributed by atoms with Crippen LogP contribution >= 0.6 is 0 Å². The maximum atomic E-state index is 14.1. The van der Waals surface area contributed by atoms with E-state index in [0.717, 1.165) is 30.8 Å². The molecule has 0 saturated carbocycles. The van der Waals surface area contributed by atoms with Gasteiger partial charge in [0.05, 0.1) is 5.69 Å². The van der Waals surface area contributed by atoms with E-state index in [4.69, 9.17) is 5.73 Å².